The van der Waals surface area contributed by atoms with Gasteiger partial charge in [0.1, 0.15) is 5.54 Å². The number of anilines is 2. The number of benzene rings is 2. The average molecular weight is 472 g/mol. The van der Waals surface area contributed by atoms with Crippen LogP contribution in [0.15, 0.2) is 60.8 Å². The Balaban J connectivity index is 1.24. The van der Waals surface area contributed by atoms with Crippen LogP contribution in [0.4, 0.5) is 11.4 Å². The fourth-order valence-corrected chi connectivity index (χ4v) is 5.57. The number of hydrogen-bond donors (Lipinski definition) is 2. The number of nitrogens with one attached hydrogen (secondary N) is 2. The Morgan fingerprint density at radius 3 is 2.63 bits per heavy atom. The molecule has 0 unspecified atom stereocenters. The second-order valence-corrected chi connectivity index (χ2v) is 9.53. The Kier molecular flexibility index (Phi) is 5.21. The van der Waals surface area contributed by atoms with E-state index in [0.717, 1.165) is 22.6 Å². The molecule has 3 aromatic rings. The van der Waals surface area contributed by atoms with Gasteiger partial charge in [-0.1, -0.05) is 18.2 Å². The molecule has 2 fully saturated rings. The molecule has 3 aliphatic heterocycles. The minimum Gasteiger partial charge on any atom is -0.339 e. The van der Waals surface area contributed by atoms with Crippen LogP contribution >= 0.6 is 0 Å². The molecule has 3 aliphatic rings. The zero-order valence-corrected chi connectivity index (χ0v) is 19.8. The summed E-state index contributed by atoms with van der Waals surface area (Å²) in [6.45, 7) is 2.82. The molecule has 0 bridgehead atoms. The summed E-state index contributed by atoms with van der Waals surface area (Å²) in [6.07, 6.45) is 2.96. The Hall–Kier alpha value is -3.85. The minimum atomic E-state index is -0.650. The van der Waals surface area contributed by atoms with Crippen LogP contribution in [0.3, 0.4) is 0 Å². The third kappa shape index (κ3) is 3.63. The third-order valence-electron chi connectivity index (χ3n) is 7.59. The number of likely N-dealkylation sites (tertiary alicyclic amines) is 1. The Labute approximate surface area is 204 Å². The molecule has 2 aromatic carbocycles. The number of aryl methyl sites for hydroxylation is 1. The Morgan fingerprint density at radius 1 is 1.09 bits per heavy atom. The fraction of sp³-hybridized carbons (Fsp3) is 0.346. The van der Waals surface area contributed by atoms with Crippen molar-refractivity contribution in [2.75, 3.05) is 30.1 Å². The van der Waals surface area contributed by atoms with Gasteiger partial charge < -0.3 is 20.1 Å². The van der Waals surface area contributed by atoms with E-state index in [1.165, 1.54) is 0 Å². The lowest BCUT2D eigenvalue weighted by Crippen LogP contribution is -2.57. The highest BCUT2D eigenvalue weighted by atomic mass is 16.2. The van der Waals surface area contributed by atoms with E-state index in [-0.39, 0.29) is 11.8 Å². The van der Waals surface area contributed by atoms with Crippen molar-refractivity contribution < 1.29 is 9.59 Å². The van der Waals surface area contributed by atoms with Crippen molar-refractivity contribution in [1.29, 1.82) is 0 Å². The largest absolute Gasteiger partial charge is 0.339 e. The van der Waals surface area contributed by atoms with Crippen LogP contribution in [-0.4, -0.2) is 56.7 Å². The highest BCUT2D eigenvalue weighted by Crippen LogP contribution is 2.40. The molecule has 35 heavy (non-hydrogen) atoms. The van der Waals surface area contributed by atoms with Crippen LogP contribution in [0.1, 0.15) is 34.5 Å². The van der Waals surface area contributed by atoms with Crippen LogP contribution in [0.5, 0.6) is 0 Å². The van der Waals surface area contributed by atoms with E-state index < -0.39 is 5.54 Å². The second-order valence-electron chi connectivity index (χ2n) is 9.53. The van der Waals surface area contributed by atoms with Crippen LogP contribution < -0.4 is 15.8 Å². The predicted octanol–water partition coefficient (Wildman–Crippen LogP) is 2.33. The molecule has 2 amide bonds. The molecule has 0 atom stereocenters. The normalized spacial score (nSPS) is 18.8. The van der Waals surface area contributed by atoms with Gasteiger partial charge in [-0.2, -0.15) is 5.10 Å². The summed E-state index contributed by atoms with van der Waals surface area (Å²) in [5.41, 5.74) is 10.4. The predicted molar refractivity (Wildman–Crippen MR) is 132 cm³/mol. The van der Waals surface area contributed by atoms with Gasteiger partial charge >= 0.3 is 0 Å². The number of fused-ring (bicyclic) bond motifs is 1. The number of rotatable bonds is 4. The number of hydrazine groups is 1. The molecule has 0 saturated carbocycles. The van der Waals surface area contributed by atoms with Gasteiger partial charge in [0.05, 0.1) is 24.6 Å². The maximum atomic E-state index is 13.9. The molecule has 9 heteroatoms. The Bertz CT molecular complexity index is 1260. The number of carbonyl (C=O) groups is 2. The van der Waals surface area contributed by atoms with Crippen LogP contribution in [-0.2, 0) is 24.9 Å². The highest BCUT2D eigenvalue weighted by molar-refractivity contribution is 5.97. The quantitative estimate of drug-likeness (QED) is 0.608. The molecule has 0 radical (unpaired) electrons. The zero-order valence-electron chi connectivity index (χ0n) is 19.8. The standard InChI is InChI=1S/C26H29N7O2/c1-30-22(9-12-28-30)17-32-18-33(21-5-3-2-4-6-21)26(25(32)35)10-13-31(14-11-26)24(34)19-7-8-23-20(15-19)16-27-29-23/h2-9,12,15,27,29H,10-11,13-14,16-18H2,1H3. The molecule has 0 aliphatic carbocycles. The first-order chi connectivity index (χ1) is 17.0. The molecule has 6 rings (SSSR count). The first-order valence-electron chi connectivity index (χ1n) is 12.1. The number of hydrogen-bond acceptors (Lipinski definition) is 6. The van der Waals surface area contributed by atoms with Crippen molar-refractivity contribution in [2.24, 2.45) is 7.05 Å². The lowest BCUT2D eigenvalue weighted by Gasteiger charge is -2.43. The summed E-state index contributed by atoms with van der Waals surface area (Å²) in [6, 6.07) is 17.9. The van der Waals surface area contributed by atoms with Crippen molar-refractivity contribution >= 4 is 23.2 Å². The molecular weight excluding hydrogens is 442 g/mol. The number of carbonyl (C=O) groups excluding carboxylic acids is 2. The van der Waals surface area contributed by atoms with E-state index >= 15 is 0 Å². The average Bonchev–Trinajstić information content (AvgIpc) is 3.59. The molecular formula is C26H29N7O2. The summed E-state index contributed by atoms with van der Waals surface area (Å²) in [4.78, 5) is 33.3. The molecule has 2 saturated heterocycles. The van der Waals surface area contributed by atoms with Gasteiger partial charge in [-0.05, 0) is 54.8 Å². The lowest BCUT2D eigenvalue weighted by atomic mass is 9.85. The van der Waals surface area contributed by atoms with Crippen molar-refractivity contribution in [3.05, 3.63) is 77.6 Å². The van der Waals surface area contributed by atoms with Gasteiger partial charge in [0.2, 0.25) is 5.91 Å². The second kappa shape index (κ2) is 8.42. The molecule has 1 spiro atoms. The van der Waals surface area contributed by atoms with Gasteiger partial charge in [-0.25, -0.2) is 5.43 Å². The summed E-state index contributed by atoms with van der Waals surface area (Å²) >= 11 is 0. The number of aromatic nitrogens is 2. The number of para-hydroxylation sites is 1. The first-order valence-corrected chi connectivity index (χ1v) is 12.1. The number of piperidine rings is 1. The van der Waals surface area contributed by atoms with Crippen LogP contribution in [0, 0.1) is 0 Å². The highest BCUT2D eigenvalue weighted by Gasteiger charge is 2.54. The van der Waals surface area contributed by atoms with Crippen molar-refractivity contribution in [3.8, 4) is 0 Å². The monoisotopic (exact) mass is 471 g/mol. The van der Waals surface area contributed by atoms with Crippen LogP contribution in [0.2, 0.25) is 0 Å². The first kappa shape index (κ1) is 21.7. The van der Waals surface area contributed by atoms with E-state index in [1.807, 2.05) is 64.0 Å². The van der Waals surface area contributed by atoms with Crippen molar-refractivity contribution in [3.63, 3.8) is 0 Å². The topological polar surface area (TPSA) is 85.7 Å². The Morgan fingerprint density at radius 2 is 1.89 bits per heavy atom. The van der Waals surface area contributed by atoms with E-state index in [2.05, 4.69) is 33.0 Å². The van der Waals surface area contributed by atoms with Crippen molar-refractivity contribution in [2.45, 2.75) is 31.5 Å². The molecule has 1 aromatic heterocycles. The fourth-order valence-electron chi connectivity index (χ4n) is 5.57. The summed E-state index contributed by atoms with van der Waals surface area (Å²) in [7, 11) is 1.90. The van der Waals surface area contributed by atoms with Gasteiger partial charge in [0.15, 0.2) is 0 Å². The van der Waals surface area contributed by atoms with E-state index in [4.69, 9.17) is 0 Å². The molecule has 9 nitrogen and oxygen atoms in total. The lowest BCUT2D eigenvalue weighted by molar-refractivity contribution is -0.134. The SMILES string of the molecule is Cn1nccc1CN1CN(c2ccccc2)C2(CCN(C(=O)c3ccc4c(c3)CNN4)CC2)C1=O. The van der Waals surface area contributed by atoms with E-state index in [1.54, 1.807) is 6.20 Å². The number of nitrogens with zero attached hydrogens (tertiary/aromatic N) is 5. The molecule has 180 valence electrons. The van der Waals surface area contributed by atoms with Crippen molar-refractivity contribution in [1.82, 2.24) is 25.0 Å². The van der Waals surface area contributed by atoms with Gasteiger partial charge in [0.25, 0.3) is 5.91 Å². The summed E-state index contributed by atoms with van der Waals surface area (Å²) in [5.74, 6) is 0.155. The minimum absolute atomic E-state index is 0.0259. The van der Waals surface area contributed by atoms with Gasteiger partial charge in [-0.15, -0.1) is 0 Å². The smallest absolute Gasteiger partial charge is 0.253 e. The molecule has 4 heterocycles. The van der Waals surface area contributed by atoms with E-state index in [0.29, 0.717) is 51.3 Å². The maximum absolute atomic E-state index is 13.9. The zero-order chi connectivity index (χ0) is 24.0. The van der Waals surface area contributed by atoms with Crippen LogP contribution in [0.25, 0.3) is 0 Å². The van der Waals surface area contributed by atoms with Gasteiger partial charge in [0, 0.05) is 44.1 Å². The molecule has 2 N–H and O–H groups in total. The summed E-state index contributed by atoms with van der Waals surface area (Å²) in [5, 5.41) is 4.26. The number of amides is 2. The summed E-state index contributed by atoms with van der Waals surface area (Å²) < 4.78 is 1.81. The maximum Gasteiger partial charge on any atom is 0.253 e. The third-order valence-corrected chi connectivity index (χ3v) is 7.59. The van der Waals surface area contributed by atoms with Gasteiger partial charge in [-0.3, -0.25) is 14.3 Å². The van der Waals surface area contributed by atoms with E-state index in [9.17, 15) is 9.59 Å².